The molecule has 0 heterocycles. The lowest BCUT2D eigenvalue weighted by Crippen LogP contribution is -2.23. The zero-order valence-electron chi connectivity index (χ0n) is 11.8. The molecule has 19 heavy (non-hydrogen) atoms. The fourth-order valence-corrected chi connectivity index (χ4v) is 1.99. The highest BCUT2D eigenvalue weighted by molar-refractivity contribution is 5.73. The van der Waals surface area contributed by atoms with Gasteiger partial charge < -0.3 is 14.6 Å². The lowest BCUT2D eigenvalue weighted by molar-refractivity contribution is -0.147. The first-order valence-electron chi connectivity index (χ1n) is 6.84. The molecular formula is C14H24O5. The molecule has 5 heteroatoms. The molecule has 1 rings (SSSR count). The van der Waals surface area contributed by atoms with Crippen molar-refractivity contribution < 1.29 is 24.2 Å². The Balaban J connectivity index is 1.97. The first kappa shape index (κ1) is 16.0. The standard InChI is InChI=1S/C14H24O5/c1-13(2,12(16)17)5-3-9-18-10-4-6-14(7-8-14)19-11-15/h11H,3-10H2,1-2H3,(H,16,17). The Bertz CT molecular complexity index is 307. The minimum atomic E-state index is -0.769. The second-order valence-corrected chi connectivity index (χ2v) is 5.91. The van der Waals surface area contributed by atoms with Gasteiger partial charge in [-0.1, -0.05) is 0 Å². The molecule has 110 valence electrons. The van der Waals surface area contributed by atoms with Gasteiger partial charge in [0.1, 0.15) is 5.60 Å². The highest BCUT2D eigenvalue weighted by Gasteiger charge is 2.44. The predicted molar refractivity (Wildman–Crippen MR) is 69.8 cm³/mol. The molecule has 1 aliphatic carbocycles. The number of carbonyl (C=O) groups excluding carboxylic acids is 1. The molecular weight excluding hydrogens is 248 g/mol. The first-order chi connectivity index (χ1) is 8.92. The number of hydrogen-bond donors (Lipinski definition) is 1. The van der Waals surface area contributed by atoms with Crippen LogP contribution in [0.1, 0.15) is 52.4 Å². The quantitative estimate of drug-likeness (QED) is 0.462. The Morgan fingerprint density at radius 1 is 1.32 bits per heavy atom. The maximum Gasteiger partial charge on any atom is 0.309 e. The highest BCUT2D eigenvalue weighted by Crippen LogP contribution is 2.42. The van der Waals surface area contributed by atoms with E-state index in [1.54, 1.807) is 13.8 Å². The van der Waals surface area contributed by atoms with Gasteiger partial charge in [0, 0.05) is 13.2 Å². The van der Waals surface area contributed by atoms with E-state index in [0.29, 0.717) is 26.1 Å². The van der Waals surface area contributed by atoms with E-state index in [0.717, 1.165) is 32.1 Å². The molecule has 1 fully saturated rings. The molecule has 5 nitrogen and oxygen atoms in total. The van der Waals surface area contributed by atoms with Crippen LogP contribution in [0.3, 0.4) is 0 Å². The smallest absolute Gasteiger partial charge is 0.309 e. The lowest BCUT2D eigenvalue weighted by atomic mass is 9.88. The third-order valence-corrected chi connectivity index (χ3v) is 3.70. The van der Waals surface area contributed by atoms with E-state index >= 15 is 0 Å². The van der Waals surface area contributed by atoms with Gasteiger partial charge in [-0.3, -0.25) is 9.59 Å². The number of aliphatic carboxylic acids is 1. The van der Waals surface area contributed by atoms with Crippen molar-refractivity contribution in [2.24, 2.45) is 5.41 Å². The molecule has 0 radical (unpaired) electrons. The van der Waals surface area contributed by atoms with Gasteiger partial charge in [0.2, 0.25) is 0 Å². The fourth-order valence-electron chi connectivity index (χ4n) is 1.99. The minimum absolute atomic E-state index is 0.198. The average molecular weight is 272 g/mol. The predicted octanol–water partition coefficient (Wildman–Crippen LogP) is 2.38. The summed E-state index contributed by atoms with van der Waals surface area (Å²) in [5, 5.41) is 8.95. The number of carbonyl (C=O) groups is 2. The Morgan fingerprint density at radius 3 is 2.47 bits per heavy atom. The molecule has 1 aliphatic rings. The Kier molecular flexibility index (Phi) is 5.79. The van der Waals surface area contributed by atoms with Gasteiger partial charge in [-0.15, -0.1) is 0 Å². The maximum absolute atomic E-state index is 10.9. The van der Waals surface area contributed by atoms with E-state index in [1.807, 2.05) is 0 Å². The second-order valence-electron chi connectivity index (χ2n) is 5.91. The summed E-state index contributed by atoms with van der Waals surface area (Å²) >= 11 is 0. The summed E-state index contributed by atoms with van der Waals surface area (Å²) in [7, 11) is 0. The van der Waals surface area contributed by atoms with Crippen molar-refractivity contribution in [1.82, 2.24) is 0 Å². The molecule has 0 aromatic heterocycles. The van der Waals surface area contributed by atoms with E-state index in [2.05, 4.69) is 0 Å². The molecule has 0 aliphatic heterocycles. The third-order valence-electron chi connectivity index (χ3n) is 3.70. The maximum atomic E-state index is 10.9. The van der Waals surface area contributed by atoms with Crippen molar-refractivity contribution in [2.45, 2.75) is 58.0 Å². The van der Waals surface area contributed by atoms with Crippen LogP contribution < -0.4 is 0 Å². The van der Waals surface area contributed by atoms with Crippen LogP contribution in [0.5, 0.6) is 0 Å². The van der Waals surface area contributed by atoms with Crippen LogP contribution in [-0.2, 0) is 19.1 Å². The van der Waals surface area contributed by atoms with E-state index < -0.39 is 11.4 Å². The normalized spacial score (nSPS) is 16.9. The van der Waals surface area contributed by atoms with Crippen LogP contribution in [0.15, 0.2) is 0 Å². The van der Waals surface area contributed by atoms with Crippen LogP contribution in [0.4, 0.5) is 0 Å². The third kappa shape index (κ3) is 5.59. The zero-order valence-corrected chi connectivity index (χ0v) is 11.8. The largest absolute Gasteiger partial charge is 0.481 e. The van der Waals surface area contributed by atoms with Crippen molar-refractivity contribution in [1.29, 1.82) is 0 Å². The van der Waals surface area contributed by atoms with Gasteiger partial charge >= 0.3 is 5.97 Å². The Morgan fingerprint density at radius 2 is 1.95 bits per heavy atom. The van der Waals surface area contributed by atoms with Gasteiger partial charge in [0.15, 0.2) is 0 Å². The summed E-state index contributed by atoms with van der Waals surface area (Å²) in [6.45, 7) is 5.20. The van der Waals surface area contributed by atoms with E-state index in [-0.39, 0.29) is 5.60 Å². The van der Waals surface area contributed by atoms with Crippen LogP contribution in [0, 0.1) is 5.41 Å². The summed E-state index contributed by atoms with van der Waals surface area (Å²) in [5.74, 6) is -0.769. The van der Waals surface area contributed by atoms with Crippen LogP contribution in [0.25, 0.3) is 0 Å². The Labute approximate surface area is 114 Å². The number of carboxylic acid groups (broad SMARTS) is 1. The number of ether oxygens (including phenoxy) is 2. The molecule has 1 N–H and O–H groups in total. The molecule has 0 aromatic rings. The van der Waals surface area contributed by atoms with E-state index in [1.165, 1.54) is 0 Å². The van der Waals surface area contributed by atoms with Crippen LogP contribution >= 0.6 is 0 Å². The summed E-state index contributed by atoms with van der Waals surface area (Å²) < 4.78 is 10.5. The van der Waals surface area contributed by atoms with Crippen molar-refractivity contribution in [3.8, 4) is 0 Å². The van der Waals surface area contributed by atoms with Crippen molar-refractivity contribution >= 4 is 12.4 Å². The SMILES string of the molecule is CC(C)(CCCOCCCC1(OC=O)CC1)C(=O)O. The molecule has 0 saturated heterocycles. The monoisotopic (exact) mass is 272 g/mol. The molecule has 1 saturated carbocycles. The molecule has 0 atom stereocenters. The van der Waals surface area contributed by atoms with Crippen LogP contribution in [-0.4, -0.2) is 36.4 Å². The molecule has 0 bridgehead atoms. The number of hydrogen-bond acceptors (Lipinski definition) is 4. The molecule has 0 unspecified atom stereocenters. The minimum Gasteiger partial charge on any atom is -0.481 e. The lowest BCUT2D eigenvalue weighted by Gasteiger charge is -2.18. The fraction of sp³-hybridized carbons (Fsp3) is 0.857. The first-order valence-corrected chi connectivity index (χ1v) is 6.84. The number of rotatable bonds is 11. The van der Waals surface area contributed by atoms with Crippen LogP contribution in [0.2, 0.25) is 0 Å². The summed E-state index contributed by atoms with van der Waals surface area (Å²) in [6, 6.07) is 0. The Hall–Kier alpha value is -1.10. The van der Waals surface area contributed by atoms with Gasteiger partial charge in [-0.05, 0) is 52.4 Å². The van der Waals surface area contributed by atoms with Crippen molar-refractivity contribution in [2.75, 3.05) is 13.2 Å². The number of carboxylic acids is 1. The van der Waals surface area contributed by atoms with E-state index in [4.69, 9.17) is 14.6 Å². The summed E-state index contributed by atoms with van der Waals surface area (Å²) in [4.78, 5) is 21.2. The second kappa shape index (κ2) is 6.89. The van der Waals surface area contributed by atoms with Gasteiger partial charge in [-0.2, -0.15) is 0 Å². The topological polar surface area (TPSA) is 72.8 Å². The van der Waals surface area contributed by atoms with Crippen molar-refractivity contribution in [3.05, 3.63) is 0 Å². The molecule has 0 amide bonds. The zero-order chi connectivity index (χ0) is 14.4. The molecule has 0 aromatic carbocycles. The summed E-state index contributed by atoms with van der Waals surface area (Å²) in [5.41, 5.74) is -0.879. The van der Waals surface area contributed by atoms with Gasteiger partial charge in [0.05, 0.1) is 5.41 Å². The average Bonchev–Trinajstić information content (AvgIpc) is 3.08. The van der Waals surface area contributed by atoms with Gasteiger partial charge in [0.25, 0.3) is 6.47 Å². The van der Waals surface area contributed by atoms with Gasteiger partial charge in [-0.25, -0.2) is 0 Å². The molecule has 0 spiro atoms. The summed E-state index contributed by atoms with van der Waals surface area (Å²) in [6.07, 6.45) is 5.00. The van der Waals surface area contributed by atoms with E-state index in [9.17, 15) is 9.59 Å². The highest BCUT2D eigenvalue weighted by atomic mass is 16.5. The van der Waals surface area contributed by atoms with Crippen molar-refractivity contribution in [3.63, 3.8) is 0 Å².